The van der Waals surface area contributed by atoms with Gasteiger partial charge in [-0.15, -0.1) is 0 Å². The van der Waals surface area contributed by atoms with Gasteiger partial charge in [0.05, 0.1) is 19.4 Å². The van der Waals surface area contributed by atoms with Crippen LogP contribution in [0.3, 0.4) is 0 Å². The standard InChI is InChI=1S/C30H52NO5P/c1-7-10-11-12-13-14-15-25-16-18-26(19-17-25)27-20-21-30(24-27,31-28(32)36-29(4,5)6)22-23-37(33,34-8-2)35-9-3/h16-19,27H,7-15,20-24H2,1-6H3,(H,31,32)/t27-,30-/m0/s1. The first-order valence-corrected chi connectivity index (χ1v) is 16.2. The maximum absolute atomic E-state index is 13.2. The van der Waals surface area contributed by atoms with Gasteiger partial charge in [-0.05, 0) is 90.2 Å². The predicted molar refractivity (Wildman–Crippen MR) is 153 cm³/mol. The summed E-state index contributed by atoms with van der Waals surface area (Å²) in [6.07, 6.45) is 11.9. The number of nitrogens with one attached hydrogen (secondary N) is 1. The molecule has 0 aliphatic heterocycles. The molecule has 212 valence electrons. The fourth-order valence-corrected chi connectivity index (χ4v) is 7.13. The van der Waals surface area contributed by atoms with Crippen LogP contribution in [0.2, 0.25) is 0 Å². The van der Waals surface area contributed by atoms with E-state index in [2.05, 4.69) is 36.5 Å². The lowest BCUT2D eigenvalue weighted by Gasteiger charge is -2.33. The first kappa shape index (κ1) is 31.9. The van der Waals surface area contributed by atoms with Gasteiger partial charge in [-0.2, -0.15) is 0 Å². The Labute approximate surface area is 226 Å². The van der Waals surface area contributed by atoms with E-state index in [-0.39, 0.29) is 6.16 Å². The molecule has 37 heavy (non-hydrogen) atoms. The van der Waals surface area contributed by atoms with Crippen LogP contribution in [0.5, 0.6) is 0 Å². The normalized spacial score (nSPS) is 20.2. The van der Waals surface area contributed by atoms with Gasteiger partial charge in [0.25, 0.3) is 0 Å². The van der Waals surface area contributed by atoms with Gasteiger partial charge in [0.1, 0.15) is 5.60 Å². The quantitative estimate of drug-likeness (QED) is 0.168. The molecule has 1 N–H and O–H groups in total. The summed E-state index contributed by atoms with van der Waals surface area (Å²) < 4.78 is 29.8. The summed E-state index contributed by atoms with van der Waals surface area (Å²) in [5.41, 5.74) is 1.61. The Morgan fingerprint density at radius 1 is 1.00 bits per heavy atom. The number of rotatable bonds is 16. The van der Waals surface area contributed by atoms with E-state index in [1.165, 1.54) is 49.7 Å². The van der Waals surface area contributed by atoms with Crippen molar-refractivity contribution in [2.75, 3.05) is 19.4 Å². The molecule has 0 heterocycles. The second kappa shape index (κ2) is 15.3. The largest absolute Gasteiger partial charge is 0.444 e. The molecular weight excluding hydrogens is 485 g/mol. The second-order valence-electron chi connectivity index (χ2n) is 11.5. The first-order valence-electron chi connectivity index (χ1n) is 14.5. The number of aryl methyl sites for hydroxylation is 1. The van der Waals surface area contributed by atoms with E-state index in [4.69, 9.17) is 13.8 Å². The van der Waals surface area contributed by atoms with Crippen LogP contribution in [-0.2, 0) is 24.8 Å². The van der Waals surface area contributed by atoms with Crippen LogP contribution in [0, 0.1) is 0 Å². The summed E-state index contributed by atoms with van der Waals surface area (Å²) in [5.74, 6) is 0.330. The molecule has 1 fully saturated rings. The molecule has 0 aromatic heterocycles. The van der Waals surface area contributed by atoms with E-state index in [1.54, 1.807) is 0 Å². The number of hydrogen-bond donors (Lipinski definition) is 1. The molecule has 0 spiro atoms. The molecule has 0 unspecified atom stereocenters. The lowest BCUT2D eigenvalue weighted by Crippen LogP contribution is -2.49. The molecule has 1 saturated carbocycles. The van der Waals surface area contributed by atoms with Crippen LogP contribution in [-0.4, -0.2) is 36.6 Å². The minimum absolute atomic E-state index is 0.272. The highest BCUT2D eigenvalue weighted by atomic mass is 31.2. The molecule has 0 radical (unpaired) electrons. The van der Waals surface area contributed by atoms with Crippen LogP contribution < -0.4 is 5.32 Å². The number of carbonyl (C=O) groups excluding carboxylic acids is 1. The summed E-state index contributed by atoms with van der Waals surface area (Å²) in [5, 5.41) is 3.17. The smallest absolute Gasteiger partial charge is 0.408 e. The van der Waals surface area contributed by atoms with Crippen molar-refractivity contribution in [2.45, 2.75) is 129 Å². The van der Waals surface area contributed by atoms with E-state index in [9.17, 15) is 9.36 Å². The number of amides is 1. The third-order valence-corrected chi connectivity index (χ3v) is 9.24. The number of benzene rings is 1. The van der Waals surface area contributed by atoms with Crippen molar-refractivity contribution in [1.29, 1.82) is 0 Å². The number of hydrogen-bond acceptors (Lipinski definition) is 5. The molecular formula is C30H52NO5P. The van der Waals surface area contributed by atoms with E-state index >= 15 is 0 Å². The van der Waals surface area contributed by atoms with E-state index in [1.807, 2.05) is 34.6 Å². The van der Waals surface area contributed by atoms with Crippen LogP contribution in [0.1, 0.15) is 123 Å². The van der Waals surface area contributed by atoms with Gasteiger partial charge >= 0.3 is 13.7 Å². The Morgan fingerprint density at radius 2 is 1.62 bits per heavy atom. The van der Waals surface area contributed by atoms with E-state index < -0.39 is 24.8 Å². The fraction of sp³-hybridized carbons (Fsp3) is 0.767. The highest BCUT2D eigenvalue weighted by Gasteiger charge is 2.43. The van der Waals surface area contributed by atoms with Gasteiger partial charge in [-0.25, -0.2) is 4.79 Å². The maximum Gasteiger partial charge on any atom is 0.408 e. The molecule has 6 nitrogen and oxygen atoms in total. The van der Waals surface area contributed by atoms with Gasteiger partial charge in [-0.3, -0.25) is 4.57 Å². The van der Waals surface area contributed by atoms with Crippen LogP contribution in [0.4, 0.5) is 4.79 Å². The van der Waals surface area contributed by atoms with Crippen LogP contribution in [0.25, 0.3) is 0 Å². The molecule has 0 saturated heterocycles. The Balaban J connectivity index is 2.06. The zero-order valence-electron chi connectivity index (χ0n) is 24.3. The third-order valence-electron chi connectivity index (χ3n) is 7.16. The van der Waals surface area contributed by atoms with Gasteiger partial charge in [0, 0.05) is 5.54 Å². The highest BCUT2D eigenvalue weighted by Crippen LogP contribution is 2.52. The van der Waals surface area contributed by atoms with Crippen molar-refractivity contribution < 1.29 is 23.1 Å². The first-order chi connectivity index (χ1) is 17.5. The summed E-state index contributed by atoms with van der Waals surface area (Å²) in [6.45, 7) is 12.1. The summed E-state index contributed by atoms with van der Waals surface area (Å²) in [4.78, 5) is 12.8. The molecule has 1 aliphatic rings. The zero-order valence-corrected chi connectivity index (χ0v) is 25.2. The predicted octanol–water partition coefficient (Wildman–Crippen LogP) is 8.78. The Bertz CT molecular complexity index is 841. The van der Waals surface area contributed by atoms with Gasteiger partial charge in [0.15, 0.2) is 0 Å². The monoisotopic (exact) mass is 537 g/mol. The Morgan fingerprint density at radius 3 is 2.22 bits per heavy atom. The SMILES string of the molecule is CCCCCCCCc1ccc([C@H]2CC[C@@](CCP(=O)(OCC)OCC)(NC(=O)OC(C)(C)C)C2)cc1. The minimum Gasteiger partial charge on any atom is -0.444 e. The highest BCUT2D eigenvalue weighted by molar-refractivity contribution is 7.53. The third kappa shape index (κ3) is 11.5. The fourth-order valence-electron chi connectivity index (χ4n) is 5.31. The number of alkyl carbamates (subject to hydrolysis) is 1. The van der Waals surface area contributed by atoms with Gasteiger partial charge < -0.3 is 19.1 Å². The maximum atomic E-state index is 13.2. The Kier molecular flexibility index (Phi) is 13.2. The molecule has 7 heteroatoms. The lowest BCUT2D eigenvalue weighted by molar-refractivity contribution is 0.0451. The molecule has 2 atom stereocenters. The van der Waals surface area contributed by atoms with Crippen molar-refractivity contribution in [1.82, 2.24) is 5.32 Å². The lowest BCUT2D eigenvalue weighted by atomic mass is 9.90. The van der Waals surface area contributed by atoms with Crippen molar-refractivity contribution in [3.05, 3.63) is 35.4 Å². The second-order valence-corrected chi connectivity index (χ2v) is 13.7. The summed E-state index contributed by atoms with van der Waals surface area (Å²) in [6, 6.07) is 9.04. The van der Waals surface area contributed by atoms with Crippen molar-refractivity contribution in [3.63, 3.8) is 0 Å². The molecule has 1 aromatic rings. The minimum atomic E-state index is -3.21. The molecule has 2 rings (SSSR count). The zero-order chi connectivity index (χ0) is 27.4. The van der Waals surface area contributed by atoms with Crippen LogP contribution >= 0.6 is 7.60 Å². The molecule has 1 aromatic carbocycles. The number of ether oxygens (including phenoxy) is 1. The van der Waals surface area contributed by atoms with Gasteiger partial charge in [0.2, 0.25) is 0 Å². The average molecular weight is 538 g/mol. The number of unbranched alkanes of at least 4 members (excludes halogenated alkanes) is 5. The molecule has 1 aliphatic carbocycles. The van der Waals surface area contributed by atoms with Gasteiger partial charge in [-0.1, -0.05) is 63.3 Å². The molecule has 0 bridgehead atoms. The average Bonchev–Trinajstić information content (AvgIpc) is 3.24. The van der Waals surface area contributed by atoms with Crippen molar-refractivity contribution in [3.8, 4) is 0 Å². The van der Waals surface area contributed by atoms with Crippen molar-refractivity contribution in [2.24, 2.45) is 0 Å². The van der Waals surface area contributed by atoms with E-state index in [0.717, 1.165) is 25.7 Å². The van der Waals surface area contributed by atoms with E-state index in [0.29, 0.717) is 25.6 Å². The number of carbonyl (C=O) groups is 1. The summed E-state index contributed by atoms with van der Waals surface area (Å²) in [7, 11) is -3.21. The van der Waals surface area contributed by atoms with Crippen molar-refractivity contribution >= 4 is 13.7 Å². The van der Waals surface area contributed by atoms with Crippen LogP contribution in [0.15, 0.2) is 24.3 Å². The Hall–Kier alpha value is -1.36. The topological polar surface area (TPSA) is 73.9 Å². The molecule has 1 amide bonds. The summed E-state index contributed by atoms with van der Waals surface area (Å²) >= 11 is 0.